The van der Waals surface area contributed by atoms with Crippen LogP contribution in [-0.2, 0) is 12.8 Å². The molecule has 0 aliphatic carbocycles. The summed E-state index contributed by atoms with van der Waals surface area (Å²) < 4.78 is 14.5. The van der Waals surface area contributed by atoms with Gasteiger partial charge in [0.25, 0.3) is 0 Å². The summed E-state index contributed by atoms with van der Waals surface area (Å²) in [4.78, 5) is 0. The molecule has 0 N–H and O–H groups in total. The highest BCUT2D eigenvalue weighted by molar-refractivity contribution is 5.65. The van der Waals surface area contributed by atoms with Crippen molar-refractivity contribution in [2.75, 3.05) is 0 Å². The first-order valence-electron chi connectivity index (χ1n) is 10.2. The summed E-state index contributed by atoms with van der Waals surface area (Å²) in [5.41, 5.74) is 5.90. The van der Waals surface area contributed by atoms with Crippen LogP contribution in [-0.4, -0.2) is 0 Å². The van der Waals surface area contributed by atoms with Gasteiger partial charge in [0.2, 0.25) is 0 Å². The molecule has 0 amide bonds. The zero-order valence-corrected chi connectivity index (χ0v) is 16.8. The Balaban J connectivity index is 1.73. The van der Waals surface area contributed by atoms with E-state index < -0.39 is 0 Å². The van der Waals surface area contributed by atoms with Gasteiger partial charge in [0.15, 0.2) is 0 Å². The fourth-order valence-corrected chi connectivity index (χ4v) is 3.22. The first-order chi connectivity index (χ1) is 13.7. The van der Waals surface area contributed by atoms with Gasteiger partial charge >= 0.3 is 0 Å². The molecule has 142 valence electrons. The van der Waals surface area contributed by atoms with Crippen molar-refractivity contribution in [1.29, 1.82) is 0 Å². The minimum absolute atomic E-state index is 0.276. The molecule has 3 rings (SSSR count). The van der Waals surface area contributed by atoms with Gasteiger partial charge in [-0.2, -0.15) is 0 Å². The van der Waals surface area contributed by atoms with Gasteiger partial charge in [-0.25, -0.2) is 4.39 Å². The summed E-state index contributed by atoms with van der Waals surface area (Å²) in [6.07, 6.45) is 5.69. The smallest absolute Gasteiger partial charge is 0.139 e. The molecule has 0 nitrogen and oxygen atoms in total. The highest BCUT2D eigenvalue weighted by Gasteiger charge is 2.04. The van der Waals surface area contributed by atoms with Crippen molar-refractivity contribution >= 4 is 0 Å². The molecular formula is C27H27F. The van der Waals surface area contributed by atoms with E-state index in [-0.39, 0.29) is 5.82 Å². The Kier molecular flexibility index (Phi) is 7.04. The molecule has 0 spiro atoms. The molecule has 3 aromatic carbocycles. The van der Waals surface area contributed by atoms with E-state index >= 15 is 0 Å². The van der Waals surface area contributed by atoms with Crippen LogP contribution in [0.15, 0.2) is 66.7 Å². The summed E-state index contributed by atoms with van der Waals surface area (Å²) in [6, 6.07) is 21.9. The Morgan fingerprint density at radius 1 is 0.679 bits per heavy atom. The van der Waals surface area contributed by atoms with Crippen molar-refractivity contribution in [3.8, 4) is 23.0 Å². The maximum atomic E-state index is 14.5. The second-order valence-corrected chi connectivity index (χ2v) is 7.19. The SMILES string of the molecule is CCCCc1ccc(C#Cc2ccc(-c3ccc(CCC)cc3)cc2F)cc1. The predicted molar refractivity (Wildman–Crippen MR) is 117 cm³/mol. The molecule has 0 heterocycles. The van der Waals surface area contributed by atoms with Crippen LogP contribution in [0.3, 0.4) is 0 Å². The van der Waals surface area contributed by atoms with Crippen LogP contribution in [0.2, 0.25) is 0 Å². The number of hydrogen-bond acceptors (Lipinski definition) is 0. The third kappa shape index (κ3) is 5.33. The van der Waals surface area contributed by atoms with Crippen molar-refractivity contribution in [3.05, 3.63) is 94.8 Å². The molecule has 0 unspecified atom stereocenters. The largest absolute Gasteiger partial charge is 0.206 e. The molecule has 28 heavy (non-hydrogen) atoms. The van der Waals surface area contributed by atoms with Crippen LogP contribution in [0.1, 0.15) is 55.4 Å². The van der Waals surface area contributed by atoms with E-state index in [1.165, 1.54) is 24.0 Å². The van der Waals surface area contributed by atoms with Gasteiger partial charge in [0.1, 0.15) is 5.82 Å². The molecule has 0 fully saturated rings. The fraction of sp³-hybridized carbons (Fsp3) is 0.259. The minimum atomic E-state index is -0.276. The van der Waals surface area contributed by atoms with Gasteiger partial charge in [-0.05, 0) is 65.8 Å². The molecule has 0 aliphatic heterocycles. The van der Waals surface area contributed by atoms with Gasteiger partial charge in [-0.15, -0.1) is 0 Å². The number of unbranched alkanes of at least 4 members (excludes halogenated alkanes) is 1. The van der Waals surface area contributed by atoms with E-state index in [1.807, 2.05) is 18.2 Å². The molecule has 3 aromatic rings. The van der Waals surface area contributed by atoms with E-state index in [0.717, 1.165) is 36.0 Å². The third-order valence-corrected chi connectivity index (χ3v) is 4.91. The average molecular weight is 371 g/mol. The maximum absolute atomic E-state index is 14.5. The molecule has 1 heteroatoms. The third-order valence-electron chi connectivity index (χ3n) is 4.91. The van der Waals surface area contributed by atoms with Crippen molar-refractivity contribution in [3.63, 3.8) is 0 Å². The van der Waals surface area contributed by atoms with Crippen molar-refractivity contribution in [2.45, 2.75) is 46.0 Å². The molecule has 0 saturated carbocycles. The number of benzene rings is 3. The zero-order chi connectivity index (χ0) is 19.8. The Morgan fingerprint density at radius 2 is 1.32 bits per heavy atom. The van der Waals surface area contributed by atoms with Crippen molar-refractivity contribution < 1.29 is 4.39 Å². The lowest BCUT2D eigenvalue weighted by molar-refractivity contribution is 0.625. The number of rotatable bonds is 6. The average Bonchev–Trinajstić information content (AvgIpc) is 2.73. The first-order valence-corrected chi connectivity index (χ1v) is 10.2. The topological polar surface area (TPSA) is 0 Å². The highest BCUT2D eigenvalue weighted by atomic mass is 19.1. The molecular weight excluding hydrogens is 343 g/mol. The van der Waals surface area contributed by atoms with E-state index in [0.29, 0.717) is 5.56 Å². The second kappa shape index (κ2) is 9.90. The number of aryl methyl sites for hydroxylation is 2. The lowest BCUT2D eigenvalue weighted by atomic mass is 10.0. The Morgan fingerprint density at radius 3 is 1.96 bits per heavy atom. The van der Waals surface area contributed by atoms with E-state index in [1.54, 1.807) is 12.1 Å². The van der Waals surface area contributed by atoms with Gasteiger partial charge in [0, 0.05) is 5.56 Å². The Labute approximate surface area is 168 Å². The van der Waals surface area contributed by atoms with E-state index in [4.69, 9.17) is 0 Å². The first kappa shape index (κ1) is 19.9. The molecule has 0 saturated heterocycles. The van der Waals surface area contributed by atoms with Gasteiger partial charge < -0.3 is 0 Å². The van der Waals surface area contributed by atoms with Crippen LogP contribution in [0.4, 0.5) is 4.39 Å². The van der Waals surface area contributed by atoms with Gasteiger partial charge in [0.05, 0.1) is 5.56 Å². The van der Waals surface area contributed by atoms with E-state index in [9.17, 15) is 4.39 Å². The lowest BCUT2D eigenvalue weighted by Gasteiger charge is -2.05. The number of halogens is 1. The molecule has 0 atom stereocenters. The molecule has 0 aliphatic rings. The molecule has 0 aromatic heterocycles. The maximum Gasteiger partial charge on any atom is 0.139 e. The Bertz CT molecular complexity index is 954. The van der Waals surface area contributed by atoms with Crippen molar-refractivity contribution in [1.82, 2.24) is 0 Å². The predicted octanol–water partition coefficient (Wildman–Crippen LogP) is 7.19. The van der Waals surface area contributed by atoms with Crippen LogP contribution < -0.4 is 0 Å². The fourth-order valence-electron chi connectivity index (χ4n) is 3.22. The van der Waals surface area contributed by atoms with Crippen LogP contribution in [0, 0.1) is 17.7 Å². The van der Waals surface area contributed by atoms with Crippen molar-refractivity contribution in [2.24, 2.45) is 0 Å². The molecule has 0 bridgehead atoms. The summed E-state index contributed by atoms with van der Waals surface area (Å²) >= 11 is 0. The summed E-state index contributed by atoms with van der Waals surface area (Å²) in [5.74, 6) is 5.77. The lowest BCUT2D eigenvalue weighted by Crippen LogP contribution is -1.88. The zero-order valence-electron chi connectivity index (χ0n) is 16.8. The quantitative estimate of drug-likeness (QED) is 0.403. The van der Waals surface area contributed by atoms with Crippen LogP contribution in [0.5, 0.6) is 0 Å². The van der Waals surface area contributed by atoms with Crippen LogP contribution in [0.25, 0.3) is 11.1 Å². The minimum Gasteiger partial charge on any atom is -0.206 e. The summed E-state index contributed by atoms with van der Waals surface area (Å²) in [5, 5.41) is 0. The monoisotopic (exact) mass is 370 g/mol. The summed E-state index contributed by atoms with van der Waals surface area (Å²) in [7, 11) is 0. The highest BCUT2D eigenvalue weighted by Crippen LogP contribution is 2.22. The standard InChI is InChI=1S/C27H27F/c1-3-5-7-22-8-10-23(11-9-22)14-17-25-18-19-26(20-27(25)28)24-15-12-21(6-4-2)13-16-24/h8-13,15-16,18-20H,3-7H2,1-2H3. The Hall–Kier alpha value is -2.85. The van der Waals surface area contributed by atoms with Gasteiger partial charge in [-0.1, -0.05) is 81.0 Å². The van der Waals surface area contributed by atoms with Gasteiger partial charge in [-0.3, -0.25) is 0 Å². The van der Waals surface area contributed by atoms with Crippen LogP contribution >= 0.6 is 0 Å². The number of hydrogen-bond donors (Lipinski definition) is 0. The second-order valence-electron chi connectivity index (χ2n) is 7.19. The normalized spacial score (nSPS) is 10.4. The van der Waals surface area contributed by atoms with E-state index in [2.05, 4.69) is 62.1 Å². The molecule has 0 radical (unpaired) electrons. The summed E-state index contributed by atoms with van der Waals surface area (Å²) in [6.45, 7) is 4.37.